The van der Waals surface area contributed by atoms with Gasteiger partial charge in [0.1, 0.15) is 5.75 Å². The molecule has 78 valence electrons. The van der Waals surface area contributed by atoms with E-state index in [2.05, 4.69) is 11.8 Å². The van der Waals surface area contributed by atoms with Crippen LogP contribution in [0, 0.1) is 17.8 Å². The minimum absolute atomic E-state index is 0.368. The lowest BCUT2D eigenvalue weighted by molar-refractivity contribution is 0.299. The minimum Gasteiger partial charge on any atom is -0.493 e. The van der Waals surface area contributed by atoms with Crippen LogP contribution in [0.2, 0.25) is 0 Å². The normalized spacial score (nSPS) is 14.2. The average molecular weight is 221 g/mol. The van der Waals surface area contributed by atoms with Gasteiger partial charge in [0, 0.05) is 5.56 Å². The van der Waals surface area contributed by atoms with E-state index in [9.17, 15) is 0 Å². The Morgan fingerprint density at radius 1 is 1.40 bits per heavy atom. The van der Waals surface area contributed by atoms with Crippen LogP contribution >= 0.6 is 11.6 Å². The summed E-state index contributed by atoms with van der Waals surface area (Å²) >= 11 is 5.50. The molecule has 1 aromatic rings. The first-order valence-electron chi connectivity index (χ1n) is 5.16. The molecule has 0 amide bonds. The van der Waals surface area contributed by atoms with Crippen molar-refractivity contribution in [1.82, 2.24) is 0 Å². The van der Waals surface area contributed by atoms with Gasteiger partial charge in [0.15, 0.2) is 0 Å². The maximum atomic E-state index is 5.65. The van der Waals surface area contributed by atoms with Crippen LogP contribution in [0.5, 0.6) is 5.75 Å². The number of ether oxygens (including phenoxy) is 1. The third-order valence-corrected chi connectivity index (χ3v) is 2.45. The first-order valence-corrected chi connectivity index (χ1v) is 5.69. The molecule has 1 aliphatic rings. The second-order valence-corrected chi connectivity index (χ2v) is 3.98. The number of rotatable bonds is 3. The molecule has 1 aliphatic carbocycles. The molecule has 1 nitrogen and oxygen atoms in total. The molecule has 0 aromatic heterocycles. The highest BCUT2D eigenvalue weighted by Gasteiger charge is 2.21. The van der Waals surface area contributed by atoms with Crippen LogP contribution in [0.3, 0.4) is 0 Å². The zero-order chi connectivity index (χ0) is 10.5. The summed E-state index contributed by atoms with van der Waals surface area (Å²) in [5, 5.41) is 0. The fourth-order valence-corrected chi connectivity index (χ4v) is 1.36. The molecule has 0 saturated heterocycles. The molecule has 0 heterocycles. The highest BCUT2D eigenvalue weighted by molar-refractivity contribution is 6.19. The van der Waals surface area contributed by atoms with Crippen LogP contribution in [-0.4, -0.2) is 12.5 Å². The first kappa shape index (κ1) is 10.4. The standard InChI is InChI=1S/C13H13ClO/c14-8-2-4-11-3-1-5-13(9-11)15-10-12-6-7-12/h1,3,5,9,12H,6-8,10H2. The van der Waals surface area contributed by atoms with Gasteiger partial charge >= 0.3 is 0 Å². The van der Waals surface area contributed by atoms with E-state index in [-0.39, 0.29) is 0 Å². The summed E-state index contributed by atoms with van der Waals surface area (Å²) in [5.74, 6) is 7.86. The van der Waals surface area contributed by atoms with Crippen LogP contribution in [0.1, 0.15) is 18.4 Å². The lowest BCUT2D eigenvalue weighted by Gasteiger charge is -2.04. The summed E-state index contributed by atoms with van der Waals surface area (Å²) in [6.45, 7) is 0.840. The Labute approximate surface area is 95.4 Å². The van der Waals surface area contributed by atoms with Gasteiger partial charge in [-0.3, -0.25) is 0 Å². The maximum absolute atomic E-state index is 5.65. The van der Waals surface area contributed by atoms with Gasteiger partial charge in [0.05, 0.1) is 12.5 Å². The predicted octanol–water partition coefficient (Wildman–Crippen LogP) is 3.07. The van der Waals surface area contributed by atoms with E-state index < -0.39 is 0 Å². The van der Waals surface area contributed by atoms with Gasteiger partial charge in [-0.25, -0.2) is 0 Å². The van der Waals surface area contributed by atoms with E-state index >= 15 is 0 Å². The summed E-state index contributed by atoms with van der Waals surface area (Å²) in [4.78, 5) is 0. The van der Waals surface area contributed by atoms with Crippen LogP contribution < -0.4 is 4.74 Å². The first-order chi connectivity index (χ1) is 7.38. The van der Waals surface area contributed by atoms with E-state index in [4.69, 9.17) is 16.3 Å². The van der Waals surface area contributed by atoms with Crippen molar-refractivity contribution in [2.45, 2.75) is 12.8 Å². The van der Waals surface area contributed by atoms with Crippen LogP contribution in [-0.2, 0) is 0 Å². The highest BCUT2D eigenvalue weighted by atomic mass is 35.5. The van der Waals surface area contributed by atoms with E-state index in [1.54, 1.807) is 0 Å². The monoisotopic (exact) mass is 220 g/mol. The van der Waals surface area contributed by atoms with Crippen molar-refractivity contribution in [2.75, 3.05) is 12.5 Å². The third-order valence-electron chi connectivity index (χ3n) is 2.32. The summed E-state index contributed by atoms with van der Waals surface area (Å²) in [5.41, 5.74) is 0.962. The number of hydrogen-bond donors (Lipinski definition) is 0. The van der Waals surface area contributed by atoms with Crippen molar-refractivity contribution in [3.8, 4) is 17.6 Å². The predicted molar refractivity (Wildman–Crippen MR) is 62.3 cm³/mol. The minimum atomic E-state index is 0.368. The van der Waals surface area contributed by atoms with Gasteiger partial charge in [-0.05, 0) is 37.0 Å². The Bertz CT molecular complexity index is 385. The van der Waals surface area contributed by atoms with Crippen LogP contribution in [0.25, 0.3) is 0 Å². The molecule has 1 fully saturated rings. The maximum Gasteiger partial charge on any atom is 0.120 e. The molecule has 1 saturated carbocycles. The van der Waals surface area contributed by atoms with Gasteiger partial charge < -0.3 is 4.74 Å². The van der Waals surface area contributed by atoms with E-state index in [0.29, 0.717) is 5.88 Å². The SMILES string of the molecule is ClCC#Cc1cccc(OCC2CC2)c1. The summed E-state index contributed by atoms with van der Waals surface area (Å²) in [6, 6.07) is 7.85. The van der Waals surface area contributed by atoms with Crippen molar-refractivity contribution in [3.05, 3.63) is 29.8 Å². The molecule has 0 unspecified atom stereocenters. The zero-order valence-corrected chi connectivity index (χ0v) is 9.26. The molecular weight excluding hydrogens is 208 g/mol. The van der Waals surface area contributed by atoms with Gasteiger partial charge in [-0.2, -0.15) is 0 Å². The Balaban J connectivity index is 1.97. The molecule has 0 radical (unpaired) electrons. The zero-order valence-electron chi connectivity index (χ0n) is 8.50. The fraction of sp³-hybridized carbons (Fsp3) is 0.385. The van der Waals surface area contributed by atoms with E-state index in [0.717, 1.165) is 23.8 Å². The quantitative estimate of drug-likeness (QED) is 0.562. The molecule has 0 N–H and O–H groups in total. The summed E-state index contributed by atoms with van der Waals surface area (Å²) in [6.07, 6.45) is 2.62. The molecule has 2 rings (SSSR count). The Morgan fingerprint density at radius 3 is 3.00 bits per heavy atom. The third kappa shape index (κ3) is 3.49. The molecule has 0 aliphatic heterocycles. The lowest BCUT2D eigenvalue weighted by Crippen LogP contribution is -1.98. The van der Waals surface area contributed by atoms with Crippen molar-refractivity contribution < 1.29 is 4.74 Å². The average Bonchev–Trinajstić information content (AvgIpc) is 3.08. The molecular formula is C13H13ClO. The lowest BCUT2D eigenvalue weighted by atomic mass is 10.2. The summed E-state index contributed by atoms with van der Waals surface area (Å²) < 4.78 is 5.65. The van der Waals surface area contributed by atoms with Crippen molar-refractivity contribution in [2.24, 2.45) is 5.92 Å². The topological polar surface area (TPSA) is 9.23 Å². The summed E-state index contributed by atoms with van der Waals surface area (Å²) in [7, 11) is 0. The second-order valence-electron chi connectivity index (χ2n) is 3.72. The molecule has 1 aromatic carbocycles. The number of halogens is 1. The van der Waals surface area contributed by atoms with E-state index in [1.165, 1.54) is 12.8 Å². The van der Waals surface area contributed by atoms with Crippen LogP contribution in [0.15, 0.2) is 24.3 Å². The van der Waals surface area contributed by atoms with Crippen LogP contribution in [0.4, 0.5) is 0 Å². The molecule has 2 heteroatoms. The number of alkyl halides is 1. The van der Waals surface area contributed by atoms with Gasteiger partial charge in [0.2, 0.25) is 0 Å². The van der Waals surface area contributed by atoms with Crippen molar-refractivity contribution >= 4 is 11.6 Å². The Morgan fingerprint density at radius 2 is 2.27 bits per heavy atom. The van der Waals surface area contributed by atoms with Crippen molar-refractivity contribution in [1.29, 1.82) is 0 Å². The number of benzene rings is 1. The molecule has 0 spiro atoms. The smallest absolute Gasteiger partial charge is 0.120 e. The second kappa shape index (κ2) is 5.09. The van der Waals surface area contributed by atoms with Gasteiger partial charge in [0.25, 0.3) is 0 Å². The fourth-order valence-electron chi connectivity index (χ4n) is 1.30. The Kier molecular flexibility index (Phi) is 3.53. The van der Waals surface area contributed by atoms with Crippen molar-refractivity contribution in [3.63, 3.8) is 0 Å². The van der Waals surface area contributed by atoms with Gasteiger partial charge in [-0.1, -0.05) is 17.9 Å². The van der Waals surface area contributed by atoms with E-state index in [1.807, 2.05) is 24.3 Å². The number of hydrogen-bond acceptors (Lipinski definition) is 1. The largest absolute Gasteiger partial charge is 0.493 e. The Hall–Kier alpha value is -1.13. The molecule has 0 bridgehead atoms. The van der Waals surface area contributed by atoms with Gasteiger partial charge in [-0.15, -0.1) is 11.6 Å². The molecule has 0 atom stereocenters. The molecule has 15 heavy (non-hydrogen) atoms. The highest BCUT2D eigenvalue weighted by Crippen LogP contribution is 2.29.